The summed E-state index contributed by atoms with van der Waals surface area (Å²) < 4.78 is 7.37. The number of hydrogen-bond donors (Lipinski definition) is 1. The van der Waals surface area contributed by atoms with Gasteiger partial charge in [-0.25, -0.2) is 0 Å². The molecule has 5 heteroatoms. The molecule has 0 aliphatic rings. The van der Waals surface area contributed by atoms with Crippen molar-refractivity contribution in [3.05, 3.63) is 60.2 Å². The molecule has 0 radical (unpaired) electrons. The Morgan fingerprint density at radius 1 is 1.11 bits per heavy atom. The van der Waals surface area contributed by atoms with Gasteiger partial charge in [-0.3, -0.25) is 5.41 Å². The van der Waals surface area contributed by atoms with Gasteiger partial charge in [-0.1, -0.05) is 24.3 Å². The summed E-state index contributed by atoms with van der Waals surface area (Å²) in [6.07, 6.45) is 1.85. The molecule has 1 atom stereocenters. The lowest BCUT2D eigenvalue weighted by Gasteiger charge is -2.13. The van der Waals surface area contributed by atoms with Gasteiger partial charge in [-0.15, -0.1) is 24.0 Å². The minimum absolute atomic E-state index is 0. The van der Waals surface area contributed by atoms with Crippen molar-refractivity contribution in [2.75, 3.05) is 6.61 Å². The second kappa shape index (κ2) is 7.87. The van der Waals surface area contributed by atoms with Crippen molar-refractivity contribution in [2.24, 2.45) is 0 Å². The number of pyridine rings is 1. The van der Waals surface area contributed by atoms with E-state index in [0.29, 0.717) is 18.6 Å². The third-order valence-corrected chi connectivity index (χ3v) is 2.77. The van der Waals surface area contributed by atoms with Crippen LogP contribution in [0.1, 0.15) is 0 Å². The van der Waals surface area contributed by atoms with E-state index in [1.165, 1.54) is 0 Å². The van der Waals surface area contributed by atoms with Gasteiger partial charge in [0, 0.05) is 12.7 Å². The van der Waals surface area contributed by atoms with Gasteiger partial charge in [0.2, 0.25) is 0 Å². The summed E-state index contributed by atoms with van der Waals surface area (Å²) in [6, 6.07) is 15.0. The van der Waals surface area contributed by atoms with Gasteiger partial charge in [0.05, 0.1) is 5.38 Å². The summed E-state index contributed by atoms with van der Waals surface area (Å²) in [5, 5.41) is 7.56. The fourth-order valence-electron chi connectivity index (χ4n) is 1.61. The first-order valence-electron chi connectivity index (χ1n) is 5.77. The fraction of sp³-hybridized carbons (Fsp3) is 0.214. The van der Waals surface area contributed by atoms with E-state index in [4.69, 9.17) is 21.7 Å². The number of alkyl halides is 1. The molecule has 1 N–H and O–H groups in total. The minimum Gasteiger partial charge on any atom is -0.492 e. The number of para-hydroxylation sites is 1. The number of halogens is 2. The van der Waals surface area contributed by atoms with Crippen LogP contribution in [-0.2, 0) is 6.54 Å². The van der Waals surface area contributed by atoms with Crippen LogP contribution in [0.3, 0.4) is 0 Å². The molecule has 1 unspecified atom stereocenters. The topological polar surface area (TPSA) is 38.0 Å². The molecule has 0 saturated carbocycles. The van der Waals surface area contributed by atoms with Crippen LogP contribution in [0.4, 0.5) is 0 Å². The van der Waals surface area contributed by atoms with Crippen molar-refractivity contribution >= 4 is 24.0 Å². The van der Waals surface area contributed by atoms with E-state index in [-0.39, 0.29) is 17.8 Å². The van der Waals surface area contributed by atoms with Crippen LogP contribution in [0.25, 0.3) is 0 Å². The Labute approximate surface area is 123 Å². The van der Waals surface area contributed by atoms with Crippen LogP contribution in [0.15, 0.2) is 54.7 Å². The Morgan fingerprint density at radius 3 is 2.47 bits per heavy atom. The first-order chi connectivity index (χ1) is 8.75. The summed E-state index contributed by atoms with van der Waals surface area (Å²) in [7, 11) is 0. The van der Waals surface area contributed by atoms with Gasteiger partial charge in [-0.05, 0) is 24.3 Å². The van der Waals surface area contributed by atoms with Crippen LogP contribution in [0.2, 0.25) is 0 Å². The molecule has 0 bridgehead atoms. The maximum absolute atomic E-state index is 7.72. The average molecular weight is 299 g/mol. The Balaban J connectivity index is 0.00000180. The number of rotatable bonds is 5. The van der Waals surface area contributed by atoms with E-state index in [1.54, 1.807) is 10.6 Å². The normalized spacial score (nSPS) is 11.4. The number of nitrogens with zero attached hydrogens (tertiary/aromatic N) is 1. The molecule has 102 valence electrons. The predicted molar refractivity (Wildman–Crippen MR) is 79.1 cm³/mol. The lowest BCUT2D eigenvalue weighted by Crippen LogP contribution is -2.26. The summed E-state index contributed by atoms with van der Waals surface area (Å²) in [6.45, 7) is 0.987. The summed E-state index contributed by atoms with van der Waals surface area (Å²) in [4.78, 5) is 0. The zero-order valence-corrected chi connectivity index (χ0v) is 11.9. The largest absolute Gasteiger partial charge is 0.492 e. The Kier molecular flexibility index (Phi) is 6.46. The fourth-order valence-corrected chi connectivity index (χ4v) is 1.82. The van der Waals surface area contributed by atoms with Crippen LogP contribution >= 0.6 is 24.0 Å². The summed E-state index contributed by atoms with van der Waals surface area (Å²) >= 11 is 6.21. The van der Waals surface area contributed by atoms with Crippen LogP contribution < -0.4 is 10.2 Å². The highest BCUT2D eigenvalue weighted by Crippen LogP contribution is 2.10. The first-order valence-corrected chi connectivity index (χ1v) is 6.21. The lowest BCUT2D eigenvalue weighted by atomic mass is 10.3. The predicted octanol–water partition coefficient (Wildman–Crippen LogP) is 3.08. The molecule has 0 spiro atoms. The highest BCUT2D eigenvalue weighted by atomic mass is 35.5. The van der Waals surface area contributed by atoms with E-state index in [0.717, 1.165) is 5.75 Å². The molecule has 0 fully saturated rings. The molecule has 1 aromatic heterocycles. The maximum Gasteiger partial charge on any atom is 0.124 e. The zero-order chi connectivity index (χ0) is 12.8. The van der Waals surface area contributed by atoms with E-state index in [9.17, 15) is 0 Å². The molecule has 0 saturated heterocycles. The van der Waals surface area contributed by atoms with Gasteiger partial charge < -0.3 is 9.30 Å². The van der Waals surface area contributed by atoms with Crippen molar-refractivity contribution in [3.8, 4) is 5.75 Å². The number of aromatic nitrogens is 1. The average Bonchev–Trinajstić information content (AvgIpc) is 2.40. The van der Waals surface area contributed by atoms with Gasteiger partial charge in [0.15, 0.2) is 0 Å². The lowest BCUT2D eigenvalue weighted by molar-refractivity contribution is 0.304. The molecule has 19 heavy (non-hydrogen) atoms. The molecule has 0 aliphatic carbocycles. The Hall–Kier alpha value is -1.45. The number of ether oxygens (including phenoxy) is 1. The Bertz CT molecular complexity index is 542. The van der Waals surface area contributed by atoms with Gasteiger partial charge in [0.25, 0.3) is 0 Å². The first kappa shape index (κ1) is 15.6. The van der Waals surface area contributed by atoms with E-state index >= 15 is 0 Å². The third kappa shape index (κ3) is 4.97. The molecule has 1 aromatic carbocycles. The highest BCUT2D eigenvalue weighted by Gasteiger charge is 2.06. The van der Waals surface area contributed by atoms with Crippen LogP contribution in [0.5, 0.6) is 5.75 Å². The standard InChI is InChI=1S/C14H15ClN2O.ClH/c15-12(10-17-9-5-4-8-14(17)16)11-18-13-6-2-1-3-7-13;/h1-9,12,16H,10-11H2;1H. The van der Waals surface area contributed by atoms with Crippen molar-refractivity contribution in [3.63, 3.8) is 0 Å². The SMILES string of the molecule is Cl.N=c1ccccn1CC(Cl)COc1ccccc1. The molecule has 2 rings (SSSR count). The molecule has 3 nitrogen and oxygen atoms in total. The molecule has 2 aromatic rings. The van der Waals surface area contributed by atoms with Crippen LogP contribution in [0, 0.1) is 5.41 Å². The van der Waals surface area contributed by atoms with E-state index < -0.39 is 0 Å². The highest BCUT2D eigenvalue weighted by molar-refractivity contribution is 6.20. The van der Waals surface area contributed by atoms with E-state index in [1.807, 2.05) is 48.7 Å². The number of nitrogens with one attached hydrogen (secondary N) is 1. The Morgan fingerprint density at radius 2 is 1.79 bits per heavy atom. The second-order valence-corrected chi connectivity index (χ2v) is 4.58. The maximum atomic E-state index is 7.72. The molecule has 0 aliphatic heterocycles. The van der Waals surface area contributed by atoms with Gasteiger partial charge >= 0.3 is 0 Å². The zero-order valence-electron chi connectivity index (χ0n) is 10.3. The van der Waals surface area contributed by atoms with Gasteiger partial charge in [-0.2, -0.15) is 0 Å². The quantitative estimate of drug-likeness (QED) is 0.847. The third-order valence-electron chi connectivity index (χ3n) is 2.51. The van der Waals surface area contributed by atoms with Gasteiger partial charge in [0.1, 0.15) is 17.8 Å². The van der Waals surface area contributed by atoms with Crippen molar-refractivity contribution in [1.82, 2.24) is 4.57 Å². The van der Waals surface area contributed by atoms with Crippen LogP contribution in [-0.4, -0.2) is 16.6 Å². The second-order valence-electron chi connectivity index (χ2n) is 3.96. The minimum atomic E-state index is -0.165. The van der Waals surface area contributed by atoms with Crippen molar-refractivity contribution < 1.29 is 4.74 Å². The van der Waals surface area contributed by atoms with E-state index in [2.05, 4.69) is 0 Å². The summed E-state index contributed by atoms with van der Waals surface area (Å²) in [5.74, 6) is 0.812. The monoisotopic (exact) mass is 298 g/mol. The molecule has 0 amide bonds. The number of hydrogen-bond acceptors (Lipinski definition) is 2. The summed E-state index contributed by atoms with van der Waals surface area (Å²) in [5.41, 5.74) is 0.447. The van der Waals surface area contributed by atoms with Crippen molar-refractivity contribution in [2.45, 2.75) is 11.9 Å². The number of benzene rings is 1. The smallest absolute Gasteiger partial charge is 0.124 e. The van der Waals surface area contributed by atoms with Crippen molar-refractivity contribution in [1.29, 1.82) is 5.41 Å². The molecule has 1 heterocycles. The molecular weight excluding hydrogens is 283 g/mol. The molecular formula is C14H16Cl2N2O.